The van der Waals surface area contributed by atoms with Gasteiger partial charge in [-0.3, -0.25) is 14.4 Å². The first-order valence-corrected chi connectivity index (χ1v) is 8.46. The molecular weight excluding hydrogens is 340 g/mol. The van der Waals surface area contributed by atoms with E-state index in [1.54, 1.807) is 31.4 Å². The summed E-state index contributed by atoms with van der Waals surface area (Å²) in [7, 11) is 3.20. The van der Waals surface area contributed by atoms with Crippen molar-refractivity contribution in [3.8, 4) is 0 Å². The normalized spacial score (nSPS) is 20.8. The number of nitrogens with zero attached hydrogens (tertiary/aromatic N) is 5. The monoisotopic (exact) mass is 362 g/mol. The van der Waals surface area contributed by atoms with Crippen LogP contribution in [0.15, 0.2) is 22.3 Å². The van der Waals surface area contributed by atoms with Gasteiger partial charge in [-0.15, -0.1) is 0 Å². The Balaban J connectivity index is 1.60. The number of carbonyl (C=O) groups is 2. The lowest BCUT2D eigenvalue weighted by Gasteiger charge is -2.34. The third-order valence-electron chi connectivity index (χ3n) is 4.39. The van der Waals surface area contributed by atoms with Crippen molar-refractivity contribution < 1.29 is 14.3 Å². The number of rotatable bonds is 4. The Morgan fingerprint density at radius 2 is 2.15 bits per heavy atom. The summed E-state index contributed by atoms with van der Waals surface area (Å²) in [6.45, 7) is 1.62. The van der Waals surface area contributed by atoms with Crippen molar-refractivity contribution in [1.82, 2.24) is 19.5 Å². The number of aromatic nitrogens is 2. The maximum absolute atomic E-state index is 12.6. The summed E-state index contributed by atoms with van der Waals surface area (Å²) in [6, 6.07) is 0. The summed E-state index contributed by atoms with van der Waals surface area (Å²) < 4.78 is 7.11. The van der Waals surface area contributed by atoms with E-state index in [1.165, 1.54) is 9.58 Å². The molecule has 2 aliphatic rings. The van der Waals surface area contributed by atoms with Gasteiger partial charge in [-0.1, -0.05) is 0 Å². The lowest BCUT2D eigenvalue weighted by atomic mass is 10.1. The zero-order valence-electron chi connectivity index (χ0n) is 14.8. The van der Waals surface area contributed by atoms with Crippen molar-refractivity contribution in [2.24, 2.45) is 12.1 Å². The van der Waals surface area contributed by atoms with Gasteiger partial charge in [0.05, 0.1) is 12.7 Å². The minimum Gasteiger partial charge on any atom is -0.373 e. The lowest BCUT2D eigenvalue weighted by Crippen LogP contribution is -2.51. The van der Waals surface area contributed by atoms with Crippen molar-refractivity contribution in [2.45, 2.75) is 18.9 Å². The van der Waals surface area contributed by atoms with Gasteiger partial charge in [-0.05, 0) is 0 Å². The quantitative estimate of drug-likeness (QED) is 0.738. The standard InChI is InChI=1S/C16H22N6O4/c1-20-6-5-17-14(16(20)25)18-9-11-10-22(7-8-26-11)15(24)12-3-4-13(23)21(2)19-12/h5-6,11H,3-4,7-10H2,1-2H3,(H,17,18)/t11-/m0/s1. The predicted molar refractivity (Wildman–Crippen MR) is 93.7 cm³/mol. The van der Waals surface area contributed by atoms with E-state index in [0.717, 1.165) is 0 Å². The fourth-order valence-electron chi connectivity index (χ4n) is 2.86. The third kappa shape index (κ3) is 3.90. The van der Waals surface area contributed by atoms with Crippen LogP contribution in [0.5, 0.6) is 0 Å². The van der Waals surface area contributed by atoms with Crippen LogP contribution in [-0.4, -0.2) is 76.4 Å². The van der Waals surface area contributed by atoms with E-state index in [9.17, 15) is 14.4 Å². The van der Waals surface area contributed by atoms with Gasteiger partial charge in [-0.2, -0.15) is 5.10 Å². The van der Waals surface area contributed by atoms with Gasteiger partial charge in [0.25, 0.3) is 11.5 Å². The largest absolute Gasteiger partial charge is 0.373 e. The van der Waals surface area contributed by atoms with E-state index in [4.69, 9.17) is 4.74 Å². The molecule has 26 heavy (non-hydrogen) atoms. The second-order valence-corrected chi connectivity index (χ2v) is 6.28. The van der Waals surface area contributed by atoms with Gasteiger partial charge in [0.15, 0.2) is 5.82 Å². The number of ether oxygens (including phenoxy) is 1. The Hall–Kier alpha value is -2.75. The molecule has 0 radical (unpaired) electrons. The van der Waals surface area contributed by atoms with Gasteiger partial charge in [-0.25, -0.2) is 9.99 Å². The van der Waals surface area contributed by atoms with E-state index in [-0.39, 0.29) is 29.3 Å². The SMILES string of the molecule is CN1N=C(C(=O)N2CCO[C@@H](CNc3nccn(C)c3=O)C2)CCC1=O. The first-order valence-electron chi connectivity index (χ1n) is 8.46. The summed E-state index contributed by atoms with van der Waals surface area (Å²) in [5.41, 5.74) is 0.166. The molecule has 2 amide bonds. The molecule has 10 heteroatoms. The second-order valence-electron chi connectivity index (χ2n) is 6.28. The molecular formula is C16H22N6O4. The fraction of sp³-hybridized carbons (Fsp3) is 0.562. The van der Waals surface area contributed by atoms with Gasteiger partial charge in [0.1, 0.15) is 5.71 Å². The molecule has 0 unspecified atom stereocenters. The van der Waals surface area contributed by atoms with Crippen LogP contribution < -0.4 is 10.9 Å². The number of carbonyl (C=O) groups excluding carboxylic acids is 2. The maximum atomic E-state index is 12.6. The zero-order chi connectivity index (χ0) is 18.7. The molecule has 10 nitrogen and oxygen atoms in total. The number of nitrogens with one attached hydrogen (secondary N) is 1. The van der Waals surface area contributed by atoms with Gasteiger partial charge < -0.3 is 19.5 Å². The molecule has 140 valence electrons. The van der Waals surface area contributed by atoms with E-state index < -0.39 is 0 Å². The number of anilines is 1. The van der Waals surface area contributed by atoms with Crippen LogP contribution in [0.3, 0.4) is 0 Å². The number of hydrogen-bond donors (Lipinski definition) is 1. The molecule has 0 saturated carbocycles. The van der Waals surface area contributed by atoms with Crippen LogP contribution in [0.25, 0.3) is 0 Å². The highest BCUT2D eigenvalue weighted by Crippen LogP contribution is 2.12. The molecule has 0 spiro atoms. The average Bonchev–Trinajstić information content (AvgIpc) is 2.65. The van der Waals surface area contributed by atoms with E-state index >= 15 is 0 Å². The van der Waals surface area contributed by atoms with Crippen LogP contribution in [-0.2, 0) is 21.4 Å². The maximum Gasteiger partial charge on any atom is 0.293 e. The van der Waals surface area contributed by atoms with Gasteiger partial charge in [0, 0.05) is 59.0 Å². The Bertz CT molecular complexity index is 789. The molecule has 1 aromatic heterocycles. The van der Waals surface area contributed by atoms with Crippen LogP contribution in [0.4, 0.5) is 5.82 Å². The zero-order valence-corrected chi connectivity index (χ0v) is 14.8. The fourth-order valence-corrected chi connectivity index (χ4v) is 2.86. The molecule has 0 aromatic carbocycles. The molecule has 2 aliphatic heterocycles. The highest BCUT2D eigenvalue weighted by Gasteiger charge is 2.30. The number of hydrogen-bond acceptors (Lipinski definition) is 7. The third-order valence-corrected chi connectivity index (χ3v) is 4.39. The highest BCUT2D eigenvalue weighted by molar-refractivity contribution is 6.39. The van der Waals surface area contributed by atoms with Crippen molar-refractivity contribution in [3.63, 3.8) is 0 Å². The van der Waals surface area contributed by atoms with Gasteiger partial charge >= 0.3 is 0 Å². The lowest BCUT2D eigenvalue weighted by molar-refractivity contribution is -0.132. The topological polar surface area (TPSA) is 109 Å². The smallest absolute Gasteiger partial charge is 0.293 e. The average molecular weight is 362 g/mol. The van der Waals surface area contributed by atoms with Crippen molar-refractivity contribution in [3.05, 3.63) is 22.7 Å². The first kappa shape index (κ1) is 18.1. The Morgan fingerprint density at radius 3 is 2.92 bits per heavy atom. The van der Waals surface area contributed by atoms with Crippen molar-refractivity contribution >= 4 is 23.3 Å². The Kier molecular flexibility index (Phi) is 5.31. The number of morpholine rings is 1. The molecule has 1 N–H and O–H groups in total. The molecule has 1 atom stereocenters. The van der Waals surface area contributed by atoms with Gasteiger partial charge in [0.2, 0.25) is 5.91 Å². The Labute approximate surface area is 150 Å². The first-order chi connectivity index (χ1) is 12.5. The predicted octanol–water partition coefficient (Wildman–Crippen LogP) is -0.972. The molecule has 1 aromatic rings. The minimum absolute atomic E-state index is 0.0949. The minimum atomic E-state index is -0.261. The summed E-state index contributed by atoms with van der Waals surface area (Å²) in [6.07, 6.45) is 3.51. The summed E-state index contributed by atoms with van der Waals surface area (Å²) in [5.74, 6) is -0.0206. The molecule has 1 fully saturated rings. The van der Waals surface area contributed by atoms with Crippen LogP contribution >= 0.6 is 0 Å². The summed E-state index contributed by atoms with van der Waals surface area (Å²) in [5, 5.41) is 8.28. The molecule has 3 rings (SSSR count). The highest BCUT2D eigenvalue weighted by atomic mass is 16.5. The summed E-state index contributed by atoms with van der Waals surface area (Å²) in [4.78, 5) is 41.8. The summed E-state index contributed by atoms with van der Waals surface area (Å²) >= 11 is 0. The van der Waals surface area contributed by atoms with E-state index in [1.807, 2.05) is 0 Å². The number of aryl methyl sites for hydroxylation is 1. The van der Waals surface area contributed by atoms with E-state index in [0.29, 0.717) is 44.8 Å². The van der Waals surface area contributed by atoms with Crippen molar-refractivity contribution in [1.29, 1.82) is 0 Å². The van der Waals surface area contributed by atoms with Crippen LogP contribution in [0.1, 0.15) is 12.8 Å². The molecule has 3 heterocycles. The second kappa shape index (κ2) is 7.65. The number of hydrazone groups is 1. The molecule has 0 aliphatic carbocycles. The molecule has 0 bridgehead atoms. The molecule has 1 saturated heterocycles. The van der Waals surface area contributed by atoms with Crippen LogP contribution in [0, 0.1) is 0 Å². The van der Waals surface area contributed by atoms with Crippen molar-refractivity contribution in [2.75, 3.05) is 38.6 Å². The Morgan fingerprint density at radius 1 is 1.35 bits per heavy atom. The van der Waals surface area contributed by atoms with Crippen LogP contribution in [0.2, 0.25) is 0 Å². The van der Waals surface area contributed by atoms with E-state index in [2.05, 4.69) is 15.4 Å². The number of amides is 2.